The van der Waals surface area contributed by atoms with Crippen molar-refractivity contribution < 1.29 is 13.5 Å². The van der Waals surface area contributed by atoms with Crippen LogP contribution in [0.1, 0.15) is 11.1 Å². The van der Waals surface area contributed by atoms with Gasteiger partial charge in [-0.1, -0.05) is 29.3 Å². The SMILES string of the molecule is Cc1ccc(S(=O)(=O)Nc2ccc(Cl)c3c2[NH+]([O-])CC=C3)cc1. The van der Waals surface area contributed by atoms with E-state index in [0.29, 0.717) is 16.3 Å². The molecule has 2 N–H and O–H groups in total. The van der Waals surface area contributed by atoms with E-state index in [9.17, 15) is 13.6 Å². The van der Waals surface area contributed by atoms with E-state index in [4.69, 9.17) is 11.6 Å². The molecule has 0 fully saturated rings. The molecule has 0 radical (unpaired) electrons. The smallest absolute Gasteiger partial charge is 0.262 e. The van der Waals surface area contributed by atoms with Crippen LogP contribution in [0.5, 0.6) is 0 Å². The summed E-state index contributed by atoms with van der Waals surface area (Å²) in [6.07, 6.45) is 3.46. The van der Waals surface area contributed by atoms with Crippen LogP contribution in [0.15, 0.2) is 47.4 Å². The van der Waals surface area contributed by atoms with E-state index in [-0.39, 0.29) is 22.2 Å². The Hall–Kier alpha value is -1.86. The van der Waals surface area contributed by atoms with Gasteiger partial charge in [0.1, 0.15) is 12.2 Å². The van der Waals surface area contributed by atoms with Gasteiger partial charge in [0.2, 0.25) is 0 Å². The Morgan fingerprint density at radius 3 is 2.57 bits per heavy atom. The number of nitrogens with one attached hydrogen (secondary N) is 2. The first-order chi connectivity index (χ1) is 10.9. The van der Waals surface area contributed by atoms with Crippen molar-refractivity contribution in [2.75, 3.05) is 11.3 Å². The molecule has 0 spiro atoms. The number of quaternary nitrogens is 1. The van der Waals surface area contributed by atoms with Gasteiger partial charge >= 0.3 is 0 Å². The monoisotopic (exact) mass is 350 g/mol. The van der Waals surface area contributed by atoms with E-state index in [2.05, 4.69) is 4.72 Å². The number of anilines is 1. The van der Waals surface area contributed by atoms with Gasteiger partial charge in [-0.05, 0) is 43.3 Å². The first-order valence-corrected chi connectivity index (χ1v) is 8.86. The van der Waals surface area contributed by atoms with Crippen molar-refractivity contribution in [1.82, 2.24) is 0 Å². The first kappa shape index (κ1) is 16.0. The molecule has 2 aromatic carbocycles. The van der Waals surface area contributed by atoms with Gasteiger partial charge in [0, 0.05) is 0 Å². The molecule has 7 heteroatoms. The Kier molecular flexibility index (Phi) is 4.16. The summed E-state index contributed by atoms with van der Waals surface area (Å²) in [5.74, 6) is 0. The van der Waals surface area contributed by atoms with Gasteiger partial charge < -0.3 is 10.3 Å². The van der Waals surface area contributed by atoms with E-state index in [1.165, 1.54) is 18.2 Å². The second-order valence-electron chi connectivity index (χ2n) is 5.33. The number of fused-ring (bicyclic) bond motifs is 1. The zero-order valence-electron chi connectivity index (χ0n) is 12.3. The minimum Gasteiger partial charge on any atom is -0.629 e. The van der Waals surface area contributed by atoms with Crippen LogP contribution < -0.4 is 9.79 Å². The molecule has 0 saturated carbocycles. The molecule has 1 aliphatic rings. The van der Waals surface area contributed by atoms with Gasteiger partial charge in [0.25, 0.3) is 10.0 Å². The minimum absolute atomic E-state index is 0.144. The molecule has 1 unspecified atom stereocenters. The number of benzene rings is 2. The fourth-order valence-electron chi connectivity index (χ4n) is 2.45. The van der Waals surface area contributed by atoms with Gasteiger partial charge in [0.05, 0.1) is 15.5 Å². The Balaban J connectivity index is 2.04. The molecule has 23 heavy (non-hydrogen) atoms. The topological polar surface area (TPSA) is 73.7 Å². The Morgan fingerprint density at radius 2 is 1.87 bits per heavy atom. The third-order valence-electron chi connectivity index (χ3n) is 3.63. The van der Waals surface area contributed by atoms with Crippen LogP contribution in [0.2, 0.25) is 5.02 Å². The standard InChI is InChI=1S/C16H15ClN2O3S/c1-11-4-6-12(7-5-11)23(21,22)18-15-9-8-14(17)13-3-2-10-19(20)16(13)15/h2-9,18-19H,10H2,1H3. The first-order valence-electron chi connectivity index (χ1n) is 7.00. The number of hydrogen-bond donors (Lipinski definition) is 2. The van der Waals surface area contributed by atoms with Crippen LogP contribution in [-0.4, -0.2) is 15.0 Å². The third kappa shape index (κ3) is 3.11. The van der Waals surface area contributed by atoms with Gasteiger partial charge in [-0.2, -0.15) is 0 Å². The molecular formula is C16H15ClN2O3S. The second-order valence-corrected chi connectivity index (χ2v) is 7.42. The fourth-order valence-corrected chi connectivity index (χ4v) is 3.74. The molecule has 3 rings (SSSR count). The van der Waals surface area contributed by atoms with Crippen molar-refractivity contribution in [3.8, 4) is 0 Å². The third-order valence-corrected chi connectivity index (χ3v) is 5.35. The Bertz CT molecular complexity index is 877. The van der Waals surface area contributed by atoms with Crippen LogP contribution in [0.3, 0.4) is 0 Å². The predicted octanol–water partition coefficient (Wildman–Crippen LogP) is 2.49. The highest BCUT2D eigenvalue weighted by atomic mass is 35.5. The maximum absolute atomic E-state index is 12.5. The maximum Gasteiger partial charge on any atom is 0.262 e. The lowest BCUT2D eigenvalue weighted by molar-refractivity contribution is -0.768. The summed E-state index contributed by atoms with van der Waals surface area (Å²) in [4.78, 5) is 0.144. The van der Waals surface area contributed by atoms with Crippen molar-refractivity contribution >= 4 is 39.1 Å². The average molecular weight is 351 g/mol. The van der Waals surface area contributed by atoms with Gasteiger partial charge in [-0.15, -0.1) is 0 Å². The largest absolute Gasteiger partial charge is 0.629 e. The van der Waals surface area contributed by atoms with E-state index >= 15 is 0 Å². The Morgan fingerprint density at radius 1 is 1.17 bits per heavy atom. The van der Waals surface area contributed by atoms with E-state index in [0.717, 1.165) is 5.56 Å². The normalized spacial score (nSPS) is 16.9. The summed E-state index contributed by atoms with van der Waals surface area (Å²) in [6.45, 7) is 2.11. The van der Waals surface area contributed by atoms with Crippen LogP contribution in [0.25, 0.3) is 6.08 Å². The van der Waals surface area contributed by atoms with Crippen molar-refractivity contribution in [2.24, 2.45) is 0 Å². The van der Waals surface area contributed by atoms with Crippen molar-refractivity contribution in [1.29, 1.82) is 0 Å². The zero-order valence-corrected chi connectivity index (χ0v) is 13.9. The van der Waals surface area contributed by atoms with Crippen molar-refractivity contribution in [3.63, 3.8) is 0 Å². The van der Waals surface area contributed by atoms with Crippen LogP contribution in [-0.2, 0) is 10.0 Å². The molecule has 0 saturated heterocycles. The summed E-state index contributed by atoms with van der Waals surface area (Å²) >= 11 is 6.10. The number of sulfonamides is 1. The lowest BCUT2D eigenvalue weighted by atomic mass is 10.1. The van der Waals surface area contributed by atoms with Crippen LogP contribution >= 0.6 is 11.6 Å². The lowest BCUT2D eigenvalue weighted by Crippen LogP contribution is -3.02. The molecule has 0 aliphatic carbocycles. The predicted molar refractivity (Wildman–Crippen MR) is 91.3 cm³/mol. The second kappa shape index (κ2) is 5.98. The quantitative estimate of drug-likeness (QED) is 0.835. The molecule has 0 bridgehead atoms. The van der Waals surface area contributed by atoms with Gasteiger partial charge in [-0.3, -0.25) is 4.72 Å². The number of halogens is 1. The van der Waals surface area contributed by atoms with Crippen LogP contribution in [0, 0.1) is 12.1 Å². The van der Waals surface area contributed by atoms with Crippen molar-refractivity contribution in [2.45, 2.75) is 11.8 Å². The molecule has 1 heterocycles. The number of rotatable bonds is 3. The number of hydroxylamine groups is 1. The van der Waals surface area contributed by atoms with E-state index in [1.54, 1.807) is 30.4 Å². The minimum atomic E-state index is -3.77. The van der Waals surface area contributed by atoms with Gasteiger partial charge in [0.15, 0.2) is 5.69 Å². The van der Waals surface area contributed by atoms with Crippen LogP contribution in [0.4, 0.5) is 11.4 Å². The summed E-state index contributed by atoms with van der Waals surface area (Å²) in [6, 6.07) is 9.60. The van der Waals surface area contributed by atoms with E-state index in [1.807, 2.05) is 6.92 Å². The lowest BCUT2D eigenvalue weighted by Gasteiger charge is -2.28. The Labute approximate surface area is 139 Å². The van der Waals surface area contributed by atoms with Gasteiger partial charge in [-0.25, -0.2) is 8.42 Å². The van der Waals surface area contributed by atoms with Crippen molar-refractivity contribution in [3.05, 3.63) is 63.8 Å². The highest BCUT2D eigenvalue weighted by molar-refractivity contribution is 7.92. The highest BCUT2D eigenvalue weighted by Crippen LogP contribution is 2.33. The zero-order chi connectivity index (χ0) is 16.6. The molecule has 1 atom stereocenters. The molecule has 5 nitrogen and oxygen atoms in total. The average Bonchev–Trinajstić information content (AvgIpc) is 2.51. The summed E-state index contributed by atoms with van der Waals surface area (Å²) in [5, 5.41) is 12.4. The molecule has 2 aromatic rings. The number of hydrogen-bond acceptors (Lipinski definition) is 3. The summed E-state index contributed by atoms with van der Waals surface area (Å²) in [5.41, 5.74) is 2.08. The molecular weight excluding hydrogens is 336 g/mol. The van der Waals surface area contributed by atoms with E-state index < -0.39 is 10.0 Å². The molecule has 1 aliphatic heterocycles. The summed E-state index contributed by atoms with van der Waals surface area (Å²) in [7, 11) is -3.77. The summed E-state index contributed by atoms with van der Waals surface area (Å²) < 4.78 is 27.5. The maximum atomic E-state index is 12.5. The molecule has 0 amide bonds. The highest BCUT2D eigenvalue weighted by Gasteiger charge is 2.23. The molecule has 120 valence electrons. The molecule has 0 aromatic heterocycles. The fraction of sp³-hybridized carbons (Fsp3) is 0.125. The number of aryl methyl sites for hydroxylation is 1.